The Morgan fingerprint density at radius 1 is 1.03 bits per heavy atom. The molecule has 160 valence electrons. The highest BCUT2D eigenvalue weighted by Gasteiger charge is 2.25. The van der Waals surface area contributed by atoms with Gasteiger partial charge in [-0.2, -0.15) is 0 Å². The quantitative estimate of drug-likeness (QED) is 0.767. The van der Waals surface area contributed by atoms with Crippen molar-refractivity contribution >= 4 is 12.1 Å². The van der Waals surface area contributed by atoms with Crippen LogP contribution in [0, 0.1) is 5.92 Å². The Kier molecular flexibility index (Phi) is 8.16. The average Bonchev–Trinajstić information content (AvgIpc) is 2.75. The molecular weight excluding hydrogens is 368 g/mol. The lowest BCUT2D eigenvalue weighted by molar-refractivity contribution is 0.0957. The molecule has 0 radical (unpaired) electrons. The molecule has 0 spiro atoms. The second kappa shape index (κ2) is 11.0. The van der Waals surface area contributed by atoms with Gasteiger partial charge in [-0.3, -0.25) is 4.90 Å². The SMILES string of the molecule is CCOC(=O)N1CCC(NC(=O)NCC2CCN(Cc3ccccc3)CC2)CC1. The van der Waals surface area contributed by atoms with E-state index in [1.807, 2.05) is 6.92 Å². The summed E-state index contributed by atoms with van der Waals surface area (Å²) in [7, 11) is 0. The summed E-state index contributed by atoms with van der Waals surface area (Å²) in [5.41, 5.74) is 1.36. The van der Waals surface area contributed by atoms with E-state index in [2.05, 4.69) is 45.9 Å². The Morgan fingerprint density at radius 2 is 1.72 bits per heavy atom. The van der Waals surface area contributed by atoms with E-state index in [1.165, 1.54) is 5.56 Å². The molecular formula is C22H34N4O3. The van der Waals surface area contributed by atoms with Crippen molar-refractivity contribution in [3.05, 3.63) is 35.9 Å². The van der Waals surface area contributed by atoms with E-state index in [1.54, 1.807) is 4.90 Å². The third kappa shape index (κ3) is 6.92. The Morgan fingerprint density at radius 3 is 2.38 bits per heavy atom. The molecule has 0 bridgehead atoms. The molecule has 7 nitrogen and oxygen atoms in total. The topological polar surface area (TPSA) is 73.9 Å². The number of amides is 3. The molecule has 2 aliphatic rings. The highest BCUT2D eigenvalue weighted by atomic mass is 16.6. The molecule has 7 heteroatoms. The van der Waals surface area contributed by atoms with E-state index in [-0.39, 0.29) is 18.2 Å². The van der Waals surface area contributed by atoms with Gasteiger partial charge in [0.25, 0.3) is 0 Å². The van der Waals surface area contributed by atoms with Gasteiger partial charge in [0.05, 0.1) is 6.61 Å². The van der Waals surface area contributed by atoms with Crippen LogP contribution in [-0.4, -0.2) is 67.3 Å². The molecule has 0 atom stereocenters. The largest absolute Gasteiger partial charge is 0.450 e. The first-order valence-electron chi connectivity index (χ1n) is 10.9. The molecule has 3 rings (SSSR count). The summed E-state index contributed by atoms with van der Waals surface area (Å²) in [6.45, 7) is 7.35. The van der Waals surface area contributed by atoms with E-state index >= 15 is 0 Å². The Hall–Kier alpha value is -2.28. The fourth-order valence-electron chi connectivity index (χ4n) is 4.08. The van der Waals surface area contributed by atoms with Gasteiger partial charge in [0.2, 0.25) is 0 Å². The average molecular weight is 403 g/mol. The molecule has 0 aliphatic carbocycles. The lowest BCUT2D eigenvalue weighted by atomic mass is 9.96. The zero-order valence-corrected chi connectivity index (χ0v) is 17.4. The van der Waals surface area contributed by atoms with Crippen molar-refractivity contribution in [1.82, 2.24) is 20.4 Å². The highest BCUT2D eigenvalue weighted by molar-refractivity contribution is 5.74. The van der Waals surface area contributed by atoms with Crippen LogP contribution in [0.15, 0.2) is 30.3 Å². The van der Waals surface area contributed by atoms with E-state index < -0.39 is 0 Å². The van der Waals surface area contributed by atoms with Crippen molar-refractivity contribution in [2.24, 2.45) is 5.92 Å². The predicted molar refractivity (Wildman–Crippen MR) is 113 cm³/mol. The summed E-state index contributed by atoms with van der Waals surface area (Å²) < 4.78 is 5.03. The summed E-state index contributed by atoms with van der Waals surface area (Å²) in [6.07, 6.45) is 3.51. The van der Waals surface area contributed by atoms with Crippen LogP contribution in [-0.2, 0) is 11.3 Å². The maximum atomic E-state index is 12.2. The van der Waals surface area contributed by atoms with Crippen LogP contribution in [0.3, 0.4) is 0 Å². The number of carbonyl (C=O) groups is 2. The second-order valence-corrected chi connectivity index (χ2v) is 8.02. The summed E-state index contributed by atoms with van der Waals surface area (Å²) in [5, 5.41) is 6.10. The minimum Gasteiger partial charge on any atom is -0.450 e. The van der Waals surface area contributed by atoms with Gasteiger partial charge in [0.1, 0.15) is 0 Å². The van der Waals surface area contributed by atoms with Gasteiger partial charge >= 0.3 is 12.1 Å². The number of nitrogens with one attached hydrogen (secondary N) is 2. The number of urea groups is 1. The lowest BCUT2D eigenvalue weighted by Crippen LogP contribution is -2.50. The lowest BCUT2D eigenvalue weighted by Gasteiger charge is -2.33. The number of piperidine rings is 2. The van der Waals surface area contributed by atoms with Crippen LogP contribution in [0.5, 0.6) is 0 Å². The summed E-state index contributed by atoms with van der Waals surface area (Å²) >= 11 is 0. The van der Waals surface area contributed by atoms with Gasteiger partial charge < -0.3 is 20.3 Å². The third-order valence-corrected chi connectivity index (χ3v) is 5.86. The van der Waals surface area contributed by atoms with Crippen molar-refractivity contribution < 1.29 is 14.3 Å². The first kappa shape index (κ1) is 21.4. The number of rotatable bonds is 6. The number of nitrogens with zero attached hydrogens (tertiary/aromatic N) is 2. The summed E-state index contributed by atoms with van der Waals surface area (Å²) in [5.74, 6) is 0.540. The zero-order chi connectivity index (χ0) is 20.5. The smallest absolute Gasteiger partial charge is 0.409 e. The molecule has 1 aromatic carbocycles. The molecule has 2 N–H and O–H groups in total. The number of likely N-dealkylation sites (tertiary alicyclic amines) is 2. The zero-order valence-electron chi connectivity index (χ0n) is 17.4. The standard InChI is InChI=1S/C22H34N4O3/c1-2-29-22(28)26-14-10-20(11-15-26)24-21(27)23-16-18-8-12-25(13-9-18)17-19-6-4-3-5-7-19/h3-7,18,20H,2,8-17H2,1H3,(H2,23,24,27). The summed E-state index contributed by atoms with van der Waals surface area (Å²) in [6, 6.07) is 10.6. The second-order valence-electron chi connectivity index (χ2n) is 8.02. The third-order valence-electron chi connectivity index (χ3n) is 5.86. The Bertz CT molecular complexity index is 639. The molecule has 0 saturated carbocycles. The van der Waals surface area contributed by atoms with Crippen LogP contribution in [0.4, 0.5) is 9.59 Å². The number of hydrogen-bond acceptors (Lipinski definition) is 4. The fourth-order valence-corrected chi connectivity index (χ4v) is 4.08. The van der Waals surface area contributed by atoms with Gasteiger partial charge in [-0.1, -0.05) is 30.3 Å². The summed E-state index contributed by atoms with van der Waals surface area (Å²) in [4.78, 5) is 28.2. The van der Waals surface area contributed by atoms with Crippen molar-refractivity contribution in [2.45, 2.75) is 45.2 Å². The number of hydrogen-bond donors (Lipinski definition) is 2. The molecule has 29 heavy (non-hydrogen) atoms. The van der Waals surface area contributed by atoms with Gasteiger partial charge in [-0.15, -0.1) is 0 Å². The van der Waals surface area contributed by atoms with E-state index in [0.29, 0.717) is 25.6 Å². The van der Waals surface area contributed by atoms with Crippen LogP contribution in [0.25, 0.3) is 0 Å². The molecule has 0 unspecified atom stereocenters. The Labute approximate surface area is 173 Å². The predicted octanol–water partition coefficient (Wildman–Crippen LogP) is 2.82. The van der Waals surface area contributed by atoms with Crippen molar-refractivity contribution in [1.29, 1.82) is 0 Å². The minimum absolute atomic E-state index is 0.0914. The maximum absolute atomic E-state index is 12.2. The van der Waals surface area contributed by atoms with Crippen LogP contribution >= 0.6 is 0 Å². The Balaban J connectivity index is 1.28. The van der Waals surface area contributed by atoms with Gasteiger partial charge in [-0.05, 0) is 57.2 Å². The molecule has 2 saturated heterocycles. The molecule has 3 amide bonds. The number of ether oxygens (including phenoxy) is 1. The molecule has 2 fully saturated rings. The number of carbonyl (C=O) groups excluding carboxylic acids is 2. The first-order chi connectivity index (χ1) is 14.1. The van der Waals surface area contributed by atoms with Crippen molar-refractivity contribution in [2.75, 3.05) is 39.3 Å². The van der Waals surface area contributed by atoms with Crippen molar-refractivity contribution in [3.63, 3.8) is 0 Å². The normalized spacial score (nSPS) is 19.0. The van der Waals surface area contributed by atoms with Gasteiger partial charge in [-0.25, -0.2) is 9.59 Å². The van der Waals surface area contributed by atoms with E-state index in [9.17, 15) is 9.59 Å². The highest BCUT2D eigenvalue weighted by Crippen LogP contribution is 2.18. The van der Waals surface area contributed by atoms with Gasteiger partial charge in [0, 0.05) is 32.2 Å². The monoisotopic (exact) mass is 402 g/mol. The molecule has 2 aliphatic heterocycles. The maximum Gasteiger partial charge on any atom is 0.409 e. The van der Waals surface area contributed by atoms with E-state index in [4.69, 9.17) is 4.74 Å². The molecule has 2 heterocycles. The minimum atomic E-state index is -0.256. The first-order valence-corrected chi connectivity index (χ1v) is 10.9. The van der Waals surface area contributed by atoms with E-state index in [0.717, 1.165) is 51.9 Å². The molecule has 0 aromatic heterocycles. The molecule has 1 aromatic rings. The van der Waals surface area contributed by atoms with Crippen molar-refractivity contribution in [3.8, 4) is 0 Å². The number of benzene rings is 1. The van der Waals surface area contributed by atoms with Gasteiger partial charge in [0.15, 0.2) is 0 Å². The van der Waals surface area contributed by atoms with Crippen LogP contribution in [0.2, 0.25) is 0 Å². The van der Waals surface area contributed by atoms with Crippen LogP contribution in [0.1, 0.15) is 38.2 Å². The van der Waals surface area contributed by atoms with Crippen LogP contribution < -0.4 is 10.6 Å². The fraction of sp³-hybridized carbons (Fsp3) is 0.636.